The van der Waals surface area contributed by atoms with Crippen molar-refractivity contribution in [1.29, 1.82) is 0 Å². The number of alkyl halides is 3. The third-order valence-corrected chi connectivity index (χ3v) is 6.27. The molecular formula is C25H29F3N2O3. The van der Waals surface area contributed by atoms with Crippen LogP contribution in [0.4, 0.5) is 13.2 Å². The smallest absolute Gasteiger partial charge is 0.416 e. The van der Waals surface area contributed by atoms with E-state index in [0.717, 1.165) is 28.8 Å². The molecule has 0 saturated carbocycles. The third kappa shape index (κ3) is 5.74. The maximum absolute atomic E-state index is 12.8. The van der Waals surface area contributed by atoms with Gasteiger partial charge >= 0.3 is 6.18 Å². The summed E-state index contributed by atoms with van der Waals surface area (Å²) in [6.07, 6.45) is -4.42. The van der Waals surface area contributed by atoms with Crippen LogP contribution in [0.5, 0.6) is 5.75 Å². The summed E-state index contributed by atoms with van der Waals surface area (Å²) in [5, 5.41) is 0. The molecule has 5 nitrogen and oxygen atoms in total. The fourth-order valence-corrected chi connectivity index (χ4v) is 4.10. The molecule has 1 aliphatic heterocycles. The van der Waals surface area contributed by atoms with Gasteiger partial charge in [0.2, 0.25) is 0 Å². The van der Waals surface area contributed by atoms with Crippen molar-refractivity contribution in [3.63, 3.8) is 0 Å². The van der Waals surface area contributed by atoms with Crippen molar-refractivity contribution in [1.82, 2.24) is 9.80 Å². The Morgan fingerprint density at radius 3 is 2.12 bits per heavy atom. The van der Waals surface area contributed by atoms with E-state index in [1.165, 1.54) is 19.1 Å². The van der Waals surface area contributed by atoms with Gasteiger partial charge in [0.05, 0.1) is 5.56 Å². The molecule has 2 aromatic carbocycles. The molecular weight excluding hydrogens is 433 g/mol. The van der Waals surface area contributed by atoms with Crippen LogP contribution in [0.1, 0.15) is 52.5 Å². The van der Waals surface area contributed by atoms with E-state index in [9.17, 15) is 22.8 Å². The van der Waals surface area contributed by atoms with Gasteiger partial charge in [-0.3, -0.25) is 14.5 Å². The van der Waals surface area contributed by atoms with Gasteiger partial charge in [-0.2, -0.15) is 13.2 Å². The molecule has 1 heterocycles. The molecule has 0 radical (unpaired) electrons. The van der Waals surface area contributed by atoms with Crippen molar-refractivity contribution in [2.45, 2.75) is 39.9 Å². The Labute approximate surface area is 192 Å². The highest BCUT2D eigenvalue weighted by Crippen LogP contribution is 2.32. The molecule has 1 fully saturated rings. The molecule has 8 heteroatoms. The first kappa shape index (κ1) is 24.8. The van der Waals surface area contributed by atoms with Gasteiger partial charge in [-0.05, 0) is 74.7 Å². The SMILES string of the molecule is CC(=O)COc1ccc([C@@H](C)N2CCN(C(=O)c3ccc(C(F)(F)F)cc3)CC2)c(C)c1C. The number of amides is 1. The average Bonchev–Trinajstić information content (AvgIpc) is 2.78. The van der Waals surface area contributed by atoms with Gasteiger partial charge in [0.1, 0.15) is 12.4 Å². The van der Waals surface area contributed by atoms with E-state index >= 15 is 0 Å². The molecule has 33 heavy (non-hydrogen) atoms. The zero-order chi connectivity index (χ0) is 24.3. The van der Waals surface area contributed by atoms with Crippen molar-refractivity contribution in [3.05, 3.63) is 64.2 Å². The highest BCUT2D eigenvalue weighted by molar-refractivity contribution is 5.94. The van der Waals surface area contributed by atoms with Crippen LogP contribution in [-0.2, 0) is 11.0 Å². The Morgan fingerprint density at radius 2 is 1.58 bits per heavy atom. The van der Waals surface area contributed by atoms with Gasteiger partial charge < -0.3 is 9.64 Å². The number of carbonyl (C=O) groups excluding carboxylic acids is 2. The summed E-state index contributed by atoms with van der Waals surface area (Å²) in [6, 6.07) is 8.39. The Morgan fingerprint density at radius 1 is 0.970 bits per heavy atom. The molecule has 0 spiro atoms. The van der Waals surface area contributed by atoms with E-state index in [2.05, 4.69) is 11.8 Å². The molecule has 2 aromatic rings. The molecule has 1 atom stereocenters. The molecule has 1 aliphatic rings. The molecule has 3 rings (SSSR count). The van der Waals surface area contributed by atoms with E-state index in [4.69, 9.17) is 4.74 Å². The molecule has 0 bridgehead atoms. The lowest BCUT2D eigenvalue weighted by Crippen LogP contribution is -2.49. The molecule has 178 valence electrons. The zero-order valence-corrected chi connectivity index (χ0v) is 19.3. The lowest BCUT2D eigenvalue weighted by atomic mass is 9.96. The standard InChI is InChI=1S/C25H29F3N2O3/c1-16(31)15-33-23-10-9-22(17(2)18(23)3)19(4)29-11-13-30(14-12-29)24(32)20-5-7-21(8-6-20)25(26,27)28/h5-10,19H,11-15H2,1-4H3/t19-/m1/s1. The summed E-state index contributed by atoms with van der Waals surface area (Å²) in [5.41, 5.74) is 2.76. The van der Waals surface area contributed by atoms with Crippen LogP contribution in [0, 0.1) is 13.8 Å². The lowest BCUT2D eigenvalue weighted by molar-refractivity contribution is -0.137. The van der Waals surface area contributed by atoms with Crippen LogP contribution in [0.2, 0.25) is 0 Å². The minimum absolute atomic E-state index is 0.0341. The Hall–Kier alpha value is -2.87. The quantitative estimate of drug-likeness (QED) is 0.618. The molecule has 0 N–H and O–H groups in total. The van der Waals surface area contributed by atoms with Gasteiger partial charge in [0.15, 0.2) is 5.78 Å². The summed E-state index contributed by atoms with van der Waals surface area (Å²) in [7, 11) is 0. The lowest BCUT2D eigenvalue weighted by Gasteiger charge is -2.39. The second kappa shape index (κ2) is 9.95. The second-order valence-corrected chi connectivity index (χ2v) is 8.47. The Balaban J connectivity index is 1.63. The normalized spacial score (nSPS) is 15.9. The van der Waals surface area contributed by atoms with Gasteiger partial charge in [-0.15, -0.1) is 0 Å². The van der Waals surface area contributed by atoms with Crippen molar-refractivity contribution >= 4 is 11.7 Å². The Bertz CT molecular complexity index is 1010. The maximum Gasteiger partial charge on any atom is 0.416 e. The predicted molar refractivity (Wildman–Crippen MR) is 119 cm³/mol. The maximum atomic E-state index is 12.8. The van der Waals surface area contributed by atoms with E-state index in [1.54, 1.807) is 4.90 Å². The Kier molecular flexibility index (Phi) is 7.47. The molecule has 0 unspecified atom stereocenters. The zero-order valence-electron chi connectivity index (χ0n) is 19.3. The van der Waals surface area contributed by atoms with Gasteiger partial charge in [-0.1, -0.05) is 6.07 Å². The highest BCUT2D eigenvalue weighted by Gasteiger charge is 2.31. The van der Waals surface area contributed by atoms with Crippen LogP contribution >= 0.6 is 0 Å². The van der Waals surface area contributed by atoms with Crippen molar-refractivity contribution in [2.75, 3.05) is 32.8 Å². The number of ketones is 1. The van der Waals surface area contributed by atoms with Crippen molar-refractivity contribution in [3.8, 4) is 5.75 Å². The molecule has 1 saturated heterocycles. The number of benzene rings is 2. The number of Topliss-reactive ketones (excluding diaryl/α,β-unsaturated/α-hetero) is 1. The first-order valence-corrected chi connectivity index (χ1v) is 10.9. The summed E-state index contributed by atoms with van der Waals surface area (Å²) >= 11 is 0. The monoisotopic (exact) mass is 462 g/mol. The predicted octanol–water partition coefficient (Wildman–Crippen LogP) is 4.81. The van der Waals surface area contributed by atoms with Crippen molar-refractivity contribution < 1.29 is 27.5 Å². The number of hydrogen-bond acceptors (Lipinski definition) is 4. The van der Waals surface area contributed by atoms with E-state index < -0.39 is 11.7 Å². The van der Waals surface area contributed by atoms with Gasteiger partial charge in [0.25, 0.3) is 5.91 Å². The molecule has 1 amide bonds. The first-order valence-electron chi connectivity index (χ1n) is 10.9. The fraction of sp³-hybridized carbons (Fsp3) is 0.440. The van der Waals surface area contributed by atoms with Gasteiger partial charge in [-0.25, -0.2) is 0 Å². The largest absolute Gasteiger partial charge is 0.486 e. The molecule has 0 aromatic heterocycles. The summed E-state index contributed by atoms with van der Waals surface area (Å²) in [5.74, 6) is 0.411. The summed E-state index contributed by atoms with van der Waals surface area (Å²) < 4.78 is 43.9. The number of ether oxygens (including phenoxy) is 1. The van der Waals surface area contributed by atoms with Crippen LogP contribution in [0.3, 0.4) is 0 Å². The van der Waals surface area contributed by atoms with E-state index in [1.807, 2.05) is 26.0 Å². The highest BCUT2D eigenvalue weighted by atomic mass is 19.4. The number of hydrogen-bond donors (Lipinski definition) is 0. The second-order valence-electron chi connectivity index (χ2n) is 8.47. The summed E-state index contributed by atoms with van der Waals surface area (Å²) in [6.45, 7) is 9.98. The van der Waals surface area contributed by atoms with Crippen LogP contribution < -0.4 is 4.74 Å². The topological polar surface area (TPSA) is 49.9 Å². The first-order chi connectivity index (χ1) is 15.5. The van der Waals surface area contributed by atoms with Crippen LogP contribution in [-0.4, -0.2) is 54.3 Å². The number of rotatable bonds is 6. The van der Waals surface area contributed by atoms with Crippen LogP contribution in [0.15, 0.2) is 36.4 Å². The minimum Gasteiger partial charge on any atom is -0.486 e. The van der Waals surface area contributed by atoms with Gasteiger partial charge in [0, 0.05) is 37.8 Å². The average molecular weight is 463 g/mol. The van der Waals surface area contributed by atoms with Crippen molar-refractivity contribution in [2.24, 2.45) is 0 Å². The molecule has 0 aliphatic carbocycles. The third-order valence-electron chi connectivity index (χ3n) is 6.27. The number of halogens is 3. The van der Waals surface area contributed by atoms with Crippen LogP contribution in [0.25, 0.3) is 0 Å². The van der Waals surface area contributed by atoms with E-state index in [-0.39, 0.29) is 29.9 Å². The summed E-state index contributed by atoms with van der Waals surface area (Å²) in [4.78, 5) is 27.9. The minimum atomic E-state index is -4.42. The number of carbonyl (C=O) groups is 2. The fourth-order valence-electron chi connectivity index (χ4n) is 4.10. The number of piperazine rings is 1. The van der Waals surface area contributed by atoms with E-state index in [0.29, 0.717) is 31.9 Å². The number of nitrogens with zero attached hydrogens (tertiary/aromatic N) is 2.